The molecule has 0 aliphatic carbocycles. The molecule has 0 bridgehead atoms. The Hall–Kier alpha value is -2.80. The van der Waals surface area contributed by atoms with E-state index >= 15 is 0 Å². The van der Waals surface area contributed by atoms with Crippen LogP contribution >= 0.6 is 48.0 Å². The lowest BCUT2D eigenvalue weighted by atomic mass is 9.99. The molecule has 1 aliphatic rings. The number of Topliss-reactive ketones (excluding diaryl/α,β-unsaturated/α-hetero) is 1. The molecule has 12 heteroatoms. The quantitative estimate of drug-likeness (QED) is 0.114. The number of ketones is 1. The Balaban J connectivity index is 0.00000140. The fourth-order valence-electron chi connectivity index (χ4n) is 4.01. The minimum absolute atomic E-state index is 0.00246. The molecule has 1 saturated heterocycles. The third-order valence-electron chi connectivity index (χ3n) is 6.73. The summed E-state index contributed by atoms with van der Waals surface area (Å²) in [5.74, 6) is 1.07. The number of nitrogens with zero attached hydrogens (tertiary/aromatic N) is 1. The molecule has 1 unspecified atom stereocenters. The average molecular weight is 751 g/mol. The molecule has 1 N–H and O–H groups in total. The summed E-state index contributed by atoms with van der Waals surface area (Å²) in [5.41, 5.74) is 1.15. The number of thiocarbonyl (C=S) groups is 2. The highest BCUT2D eigenvalue weighted by Crippen LogP contribution is 2.31. The first-order valence-corrected chi connectivity index (χ1v) is 19.7. The number of rotatable bonds is 14. The zero-order valence-corrected chi connectivity index (χ0v) is 33.8. The monoisotopic (exact) mass is 750 g/mol. The number of hydrogen-bond acceptors (Lipinski definition) is 10. The van der Waals surface area contributed by atoms with Crippen molar-refractivity contribution in [3.63, 3.8) is 0 Å². The van der Waals surface area contributed by atoms with Crippen molar-refractivity contribution in [2.75, 3.05) is 31.2 Å². The molecule has 8 nitrogen and oxygen atoms in total. The van der Waals surface area contributed by atoms with Gasteiger partial charge in [-0.1, -0.05) is 114 Å². The van der Waals surface area contributed by atoms with Gasteiger partial charge < -0.3 is 14.8 Å². The average Bonchev–Trinajstić information content (AvgIpc) is 3.54. The van der Waals surface area contributed by atoms with Crippen molar-refractivity contribution in [1.29, 1.82) is 0 Å². The van der Waals surface area contributed by atoms with Crippen molar-refractivity contribution >= 4 is 80.0 Å². The summed E-state index contributed by atoms with van der Waals surface area (Å²) in [5, 5.41) is 2.63. The fourth-order valence-corrected chi connectivity index (χ4v) is 6.27. The lowest BCUT2D eigenvalue weighted by Gasteiger charge is -2.20. The van der Waals surface area contributed by atoms with Gasteiger partial charge in [0.15, 0.2) is 5.78 Å². The van der Waals surface area contributed by atoms with E-state index in [4.69, 9.17) is 33.9 Å². The second-order valence-electron chi connectivity index (χ2n) is 10.3. The molecule has 3 rings (SSSR count). The van der Waals surface area contributed by atoms with E-state index in [1.54, 1.807) is 18.7 Å². The summed E-state index contributed by atoms with van der Waals surface area (Å²) < 4.78 is 12.4. The van der Waals surface area contributed by atoms with Crippen LogP contribution in [0.25, 0.3) is 0 Å². The van der Waals surface area contributed by atoms with Gasteiger partial charge in [-0.2, -0.15) is 0 Å². The smallest absolute Gasteiger partial charge is 0.307 e. The summed E-state index contributed by atoms with van der Waals surface area (Å²) in [6, 6.07) is 12.1. The summed E-state index contributed by atoms with van der Waals surface area (Å²) in [6.45, 7) is 18.4. The number of ether oxygens (including phenoxy) is 2. The van der Waals surface area contributed by atoms with Gasteiger partial charge in [-0.3, -0.25) is 24.1 Å². The van der Waals surface area contributed by atoms with E-state index in [0.717, 1.165) is 15.7 Å². The standard InChI is InChI=1S/C25H26N2O6S2.C8H16S2.2C2H6/c1-3-32-21(29)9-10-26-23(30)18-13-19(16(2)28)22(33-15-17-7-5-4-6-8-17)20(14-18)24(31)27-11-12-35-25(27)34;1-4-7(2)5-6-10-8(3)9;2*1-2/h4-8,13-14H,3,9-12,15H2,1-2H3,(H,26,30);7H,4-6H2,1-3H3;2*1-2H3. The zero-order chi connectivity index (χ0) is 37.4. The van der Waals surface area contributed by atoms with Crippen LogP contribution in [0.1, 0.15) is 118 Å². The highest BCUT2D eigenvalue weighted by Gasteiger charge is 2.30. The Morgan fingerprint density at radius 1 is 1.02 bits per heavy atom. The summed E-state index contributed by atoms with van der Waals surface area (Å²) in [4.78, 5) is 51.9. The van der Waals surface area contributed by atoms with Crippen LogP contribution in [-0.4, -0.2) is 68.2 Å². The molecule has 2 amide bonds. The number of esters is 1. The van der Waals surface area contributed by atoms with Gasteiger partial charge >= 0.3 is 5.97 Å². The lowest BCUT2D eigenvalue weighted by Crippen LogP contribution is -2.32. The predicted octanol–water partition coefficient (Wildman–Crippen LogP) is 9.18. The lowest BCUT2D eigenvalue weighted by molar-refractivity contribution is -0.142. The Morgan fingerprint density at radius 2 is 1.65 bits per heavy atom. The Morgan fingerprint density at radius 3 is 2.18 bits per heavy atom. The Labute approximate surface area is 313 Å². The van der Waals surface area contributed by atoms with Crippen LogP contribution in [0.2, 0.25) is 0 Å². The Bertz CT molecular complexity index is 1350. The molecule has 0 spiro atoms. The van der Waals surface area contributed by atoms with Crippen molar-refractivity contribution in [3.05, 3.63) is 64.7 Å². The predicted molar refractivity (Wildman–Crippen MR) is 214 cm³/mol. The minimum atomic E-state index is -0.529. The number of hydrogen-bond donors (Lipinski definition) is 1. The largest absolute Gasteiger partial charge is 0.487 e. The second kappa shape index (κ2) is 27.0. The first-order valence-electron chi connectivity index (χ1n) is 16.9. The molecule has 1 aliphatic heterocycles. The molecule has 272 valence electrons. The second-order valence-corrected chi connectivity index (χ2v) is 14.2. The molecular weight excluding hydrogens is 697 g/mol. The van der Waals surface area contributed by atoms with Gasteiger partial charge in [0.25, 0.3) is 11.8 Å². The van der Waals surface area contributed by atoms with Gasteiger partial charge in [-0.05, 0) is 56.6 Å². The molecule has 49 heavy (non-hydrogen) atoms. The van der Waals surface area contributed by atoms with Gasteiger partial charge in [0.05, 0.1) is 24.2 Å². The molecule has 0 aromatic heterocycles. The summed E-state index contributed by atoms with van der Waals surface area (Å²) in [6.07, 6.45) is 2.59. The number of carbonyl (C=O) groups is 4. The van der Waals surface area contributed by atoms with Crippen molar-refractivity contribution in [1.82, 2.24) is 10.2 Å². The van der Waals surface area contributed by atoms with Crippen LogP contribution in [0.3, 0.4) is 0 Å². The SMILES string of the molecule is CC.CC.CCC(C)CCSC(C)=S.CCOC(=O)CCNC(=O)c1cc(C(C)=O)c(OCc2ccccc2)c(C(=O)N2CCSC2=S)c1. The number of benzene rings is 2. The molecule has 0 saturated carbocycles. The number of nitrogens with one attached hydrogen (secondary N) is 1. The van der Waals surface area contributed by atoms with Crippen molar-refractivity contribution < 1.29 is 28.7 Å². The zero-order valence-electron chi connectivity index (χ0n) is 30.5. The van der Waals surface area contributed by atoms with E-state index in [2.05, 4.69) is 19.2 Å². The Kier molecular flexibility index (Phi) is 25.4. The fraction of sp³-hybridized carbons (Fsp3) is 0.514. The molecule has 1 heterocycles. The van der Waals surface area contributed by atoms with Gasteiger partial charge in [0.1, 0.15) is 16.7 Å². The van der Waals surface area contributed by atoms with Crippen molar-refractivity contribution in [2.24, 2.45) is 5.92 Å². The third-order valence-corrected chi connectivity index (χ3v) is 9.35. The van der Waals surface area contributed by atoms with Crippen LogP contribution < -0.4 is 10.1 Å². The minimum Gasteiger partial charge on any atom is -0.487 e. The molecular formula is C37H54N2O6S4. The maximum absolute atomic E-state index is 13.5. The van der Waals surface area contributed by atoms with Crippen LogP contribution in [0.4, 0.5) is 0 Å². The molecule has 1 atom stereocenters. The highest BCUT2D eigenvalue weighted by molar-refractivity contribution is 8.23. The first-order chi connectivity index (χ1) is 23.5. The normalized spacial score (nSPS) is 12.1. The maximum atomic E-state index is 13.5. The molecule has 0 radical (unpaired) electrons. The third kappa shape index (κ3) is 17.6. The van der Waals surface area contributed by atoms with E-state index in [1.807, 2.05) is 65.0 Å². The van der Waals surface area contributed by atoms with Crippen molar-refractivity contribution in [3.8, 4) is 5.75 Å². The van der Waals surface area contributed by atoms with Gasteiger partial charge in [0.2, 0.25) is 0 Å². The highest BCUT2D eigenvalue weighted by atomic mass is 32.2. The first kappa shape index (κ1) is 46.2. The van der Waals surface area contributed by atoms with E-state index < -0.39 is 17.8 Å². The van der Waals surface area contributed by atoms with Gasteiger partial charge in [-0.25, -0.2) is 0 Å². The van der Waals surface area contributed by atoms with E-state index in [-0.39, 0.29) is 54.4 Å². The van der Waals surface area contributed by atoms with Crippen molar-refractivity contribution in [2.45, 2.75) is 88.2 Å². The summed E-state index contributed by atoms with van der Waals surface area (Å²) in [7, 11) is 0. The number of thioether (sulfide) groups is 2. The summed E-state index contributed by atoms with van der Waals surface area (Å²) >= 11 is 13.5. The molecule has 2 aromatic carbocycles. The van der Waals surface area contributed by atoms with E-state index in [9.17, 15) is 19.2 Å². The number of amides is 2. The maximum Gasteiger partial charge on any atom is 0.307 e. The van der Waals surface area contributed by atoms with Gasteiger partial charge in [-0.15, -0.1) is 11.8 Å². The van der Waals surface area contributed by atoms with Crippen LogP contribution in [-0.2, 0) is 16.1 Å². The number of carbonyl (C=O) groups excluding carboxylic acids is 4. The van der Waals surface area contributed by atoms with Crippen LogP contribution in [0.15, 0.2) is 42.5 Å². The van der Waals surface area contributed by atoms with Gasteiger partial charge in [0, 0.05) is 28.6 Å². The topological polar surface area (TPSA) is 102 Å². The molecule has 2 aromatic rings. The molecule has 1 fully saturated rings. The van der Waals surface area contributed by atoms with Crippen LogP contribution in [0, 0.1) is 5.92 Å². The van der Waals surface area contributed by atoms with Crippen LogP contribution in [0.5, 0.6) is 5.75 Å². The van der Waals surface area contributed by atoms with E-state index in [1.165, 1.54) is 54.3 Å². The van der Waals surface area contributed by atoms with E-state index in [0.29, 0.717) is 16.6 Å².